The van der Waals surface area contributed by atoms with E-state index in [-0.39, 0.29) is 11.6 Å². The molecule has 1 atom stereocenters. The van der Waals surface area contributed by atoms with E-state index in [1.54, 1.807) is 26.2 Å². The predicted octanol–water partition coefficient (Wildman–Crippen LogP) is 1.87. The molecule has 0 spiro atoms. The minimum atomic E-state index is -0.631. The Labute approximate surface area is 116 Å². The largest absolute Gasteiger partial charge is 0.422 e. The van der Waals surface area contributed by atoms with E-state index in [0.29, 0.717) is 12.2 Å². The van der Waals surface area contributed by atoms with E-state index in [1.807, 2.05) is 19.1 Å². The maximum atomic E-state index is 12.1. The number of carbonyl (C=O) groups is 1. The van der Waals surface area contributed by atoms with Crippen molar-refractivity contribution < 1.29 is 13.9 Å². The van der Waals surface area contributed by atoms with Crippen LogP contribution in [0, 0.1) is 6.92 Å². The van der Waals surface area contributed by atoms with E-state index in [2.05, 4.69) is 5.32 Å². The van der Waals surface area contributed by atoms with Gasteiger partial charge < -0.3 is 14.5 Å². The molecule has 1 amide bonds. The van der Waals surface area contributed by atoms with E-state index in [0.717, 1.165) is 10.9 Å². The Morgan fingerprint density at radius 1 is 1.45 bits per heavy atom. The van der Waals surface area contributed by atoms with E-state index in [9.17, 15) is 9.59 Å². The molecule has 1 heterocycles. The normalized spacial score (nSPS) is 12.3. The fourth-order valence-electron chi connectivity index (χ4n) is 2.04. The number of methoxy groups -OCH3 is 1. The van der Waals surface area contributed by atoms with Gasteiger partial charge in [0.1, 0.15) is 11.1 Å². The Morgan fingerprint density at radius 2 is 2.20 bits per heavy atom. The highest BCUT2D eigenvalue weighted by atomic mass is 16.5. The maximum Gasteiger partial charge on any atom is 0.349 e. The van der Waals surface area contributed by atoms with E-state index in [4.69, 9.17) is 9.15 Å². The molecule has 0 radical (unpaired) electrons. The van der Waals surface area contributed by atoms with Crippen molar-refractivity contribution in [3.8, 4) is 0 Å². The minimum Gasteiger partial charge on any atom is -0.422 e. The molecule has 0 aliphatic heterocycles. The second-order valence-electron chi connectivity index (χ2n) is 4.77. The van der Waals surface area contributed by atoms with Crippen LogP contribution in [-0.4, -0.2) is 25.7 Å². The first-order chi connectivity index (χ1) is 9.52. The van der Waals surface area contributed by atoms with Crippen LogP contribution in [0.15, 0.2) is 33.5 Å². The fraction of sp³-hybridized carbons (Fsp3) is 0.333. The molecule has 106 valence electrons. The summed E-state index contributed by atoms with van der Waals surface area (Å²) in [5.41, 5.74) is 0.748. The molecule has 0 unspecified atom stereocenters. The maximum absolute atomic E-state index is 12.1. The van der Waals surface area contributed by atoms with Crippen LogP contribution in [0.25, 0.3) is 11.0 Å². The van der Waals surface area contributed by atoms with Crippen LogP contribution in [0.2, 0.25) is 0 Å². The lowest BCUT2D eigenvalue weighted by Crippen LogP contribution is -2.37. The van der Waals surface area contributed by atoms with Crippen LogP contribution in [0.1, 0.15) is 22.8 Å². The van der Waals surface area contributed by atoms with Gasteiger partial charge in [0.15, 0.2) is 0 Å². The van der Waals surface area contributed by atoms with Gasteiger partial charge in [-0.25, -0.2) is 4.79 Å². The van der Waals surface area contributed by atoms with E-state index in [1.165, 1.54) is 0 Å². The zero-order chi connectivity index (χ0) is 14.7. The third-order valence-electron chi connectivity index (χ3n) is 3.00. The van der Waals surface area contributed by atoms with Gasteiger partial charge in [-0.15, -0.1) is 0 Å². The fourth-order valence-corrected chi connectivity index (χ4v) is 2.04. The van der Waals surface area contributed by atoms with Crippen LogP contribution < -0.4 is 10.9 Å². The van der Waals surface area contributed by atoms with Crippen LogP contribution in [-0.2, 0) is 4.74 Å². The molecule has 0 bridgehead atoms. The van der Waals surface area contributed by atoms with Gasteiger partial charge in [0.05, 0.1) is 6.61 Å². The molecule has 5 heteroatoms. The Bertz CT molecular complexity index is 690. The molecule has 1 aromatic heterocycles. The molecule has 1 aromatic carbocycles. The summed E-state index contributed by atoms with van der Waals surface area (Å²) in [7, 11) is 1.55. The number of amides is 1. The van der Waals surface area contributed by atoms with Crippen LogP contribution in [0.4, 0.5) is 0 Å². The number of fused-ring (bicyclic) bond motifs is 1. The summed E-state index contributed by atoms with van der Waals surface area (Å²) in [5.74, 6) is -0.452. The summed E-state index contributed by atoms with van der Waals surface area (Å²) < 4.78 is 10.2. The Balaban J connectivity index is 2.38. The van der Waals surface area contributed by atoms with Gasteiger partial charge in [-0.05, 0) is 25.5 Å². The van der Waals surface area contributed by atoms with Gasteiger partial charge in [0.2, 0.25) is 0 Å². The number of rotatable bonds is 4. The molecule has 5 nitrogen and oxygen atoms in total. The van der Waals surface area contributed by atoms with Crippen molar-refractivity contribution >= 4 is 16.9 Å². The topological polar surface area (TPSA) is 68.5 Å². The number of aryl methyl sites for hydroxylation is 1. The summed E-state index contributed by atoms with van der Waals surface area (Å²) in [5, 5.41) is 3.42. The molecular formula is C15H17NO4. The highest BCUT2D eigenvalue weighted by molar-refractivity contribution is 5.97. The van der Waals surface area contributed by atoms with E-state index >= 15 is 0 Å². The predicted molar refractivity (Wildman–Crippen MR) is 76.0 cm³/mol. The van der Waals surface area contributed by atoms with Gasteiger partial charge in [-0.3, -0.25) is 4.79 Å². The van der Waals surface area contributed by atoms with E-state index < -0.39 is 11.5 Å². The number of benzene rings is 1. The third kappa shape index (κ3) is 2.88. The van der Waals surface area contributed by atoms with Gasteiger partial charge in [0.25, 0.3) is 5.91 Å². The lowest BCUT2D eigenvalue weighted by atomic mass is 10.1. The summed E-state index contributed by atoms with van der Waals surface area (Å²) in [6, 6.07) is 6.89. The quantitative estimate of drug-likeness (QED) is 0.865. The van der Waals surface area contributed by atoms with Crippen molar-refractivity contribution in [2.24, 2.45) is 0 Å². The highest BCUT2D eigenvalue weighted by Crippen LogP contribution is 2.17. The molecule has 0 fully saturated rings. The molecule has 2 rings (SSSR count). The summed E-state index contributed by atoms with van der Waals surface area (Å²) in [4.78, 5) is 24.0. The molecule has 2 aromatic rings. The molecular weight excluding hydrogens is 258 g/mol. The summed E-state index contributed by atoms with van der Waals surface area (Å²) in [6.07, 6.45) is 0. The second-order valence-corrected chi connectivity index (χ2v) is 4.77. The van der Waals surface area contributed by atoms with Crippen LogP contribution in [0.3, 0.4) is 0 Å². The number of para-hydroxylation sites is 1. The standard InChI is InChI=1S/C15H17NO4/c1-9-5-4-6-11-7-12(15(18)20-13(9)11)14(17)16-10(2)8-19-3/h4-7,10H,8H2,1-3H3,(H,16,17)/t10-/m1/s1. The molecule has 20 heavy (non-hydrogen) atoms. The zero-order valence-corrected chi connectivity index (χ0v) is 11.7. The molecule has 0 aliphatic rings. The van der Waals surface area contributed by atoms with Crippen molar-refractivity contribution in [3.05, 3.63) is 45.8 Å². The molecule has 0 saturated heterocycles. The van der Waals surface area contributed by atoms with Crippen molar-refractivity contribution in [2.45, 2.75) is 19.9 Å². The highest BCUT2D eigenvalue weighted by Gasteiger charge is 2.16. The number of carbonyl (C=O) groups excluding carboxylic acids is 1. The number of ether oxygens (including phenoxy) is 1. The number of nitrogens with one attached hydrogen (secondary N) is 1. The molecule has 0 aliphatic carbocycles. The summed E-state index contributed by atoms with van der Waals surface area (Å²) in [6.45, 7) is 4.03. The van der Waals surface area contributed by atoms with Crippen molar-refractivity contribution in [1.82, 2.24) is 5.32 Å². The lowest BCUT2D eigenvalue weighted by molar-refractivity contribution is 0.0902. The lowest BCUT2D eigenvalue weighted by Gasteiger charge is -2.12. The van der Waals surface area contributed by atoms with Crippen molar-refractivity contribution in [3.63, 3.8) is 0 Å². The Kier molecular flexibility index (Phi) is 4.20. The number of hydrogen-bond acceptors (Lipinski definition) is 4. The van der Waals surface area contributed by atoms with Crippen LogP contribution >= 0.6 is 0 Å². The first kappa shape index (κ1) is 14.3. The second kappa shape index (κ2) is 5.88. The van der Waals surface area contributed by atoms with Gasteiger partial charge in [-0.1, -0.05) is 18.2 Å². The van der Waals surface area contributed by atoms with Gasteiger partial charge in [0, 0.05) is 18.5 Å². The molecule has 0 saturated carbocycles. The SMILES string of the molecule is COC[C@@H](C)NC(=O)c1cc2cccc(C)c2oc1=O. The van der Waals surface area contributed by atoms with Crippen molar-refractivity contribution in [1.29, 1.82) is 0 Å². The van der Waals surface area contributed by atoms with Gasteiger partial charge >= 0.3 is 5.63 Å². The third-order valence-corrected chi connectivity index (χ3v) is 3.00. The summed E-state index contributed by atoms with van der Waals surface area (Å²) >= 11 is 0. The smallest absolute Gasteiger partial charge is 0.349 e. The molecule has 1 N–H and O–H groups in total. The van der Waals surface area contributed by atoms with Gasteiger partial charge in [-0.2, -0.15) is 0 Å². The number of hydrogen-bond donors (Lipinski definition) is 1. The van der Waals surface area contributed by atoms with Crippen molar-refractivity contribution in [2.75, 3.05) is 13.7 Å². The van der Waals surface area contributed by atoms with Crippen LogP contribution in [0.5, 0.6) is 0 Å². The first-order valence-corrected chi connectivity index (χ1v) is 6.36. The minimum absolute atomic E-state index is 0.00560. The Hall–Kier alpha value is -2.14. The first-order valence-electron chi connectivity index (χ1n) is 6.36. The monoisotopic (exact) mass is 275 g/mol. The Morgan fingerprint density at radius 3 is 2.90 bits per heavy atom. The zero-order valence-electron chi connectivity index (χ0n) is 11.7. The average Bonchev–Trinajstić information content (AvgIpc) is 2.39. The average molecular weight is 275 g/mol.